The van der Waals surface area contributed by atoms with Gasteiger partial charge in [0.15, 0.2) is 11.2 Å². The second-order valence-corrected chi connectivity index (χ2v) is 7.05. The van der Waals surface area contributed by atoms with Crippen molar-refractivity contribution >= 4 is 11.2 Å². The second kappa shape index (κ2) is 7.42. The first-order chi connectivity index (χ1) is 12.9. The van der Waals surface area contributed by atoms with Crippen LogP contribution in [-0.4, -0.2) is 18.3 Å². The lowest BCUT2D eigenvalue weighted by molar-refractivity contribution is 0.456. The molecule has 0 aliphatic carbocycles. The van der Waals surface area contributed by atoms with E-state index in [1.165, 1.54) is 9.13 Å². The minimum atomic E-state index is -0.453. The van der Waals surface area contributed by atoms with Crippen LogP contribution in [0.1, 0.15) is 33.6 Å². The van der Waals surface area contributed by atoms with Crippen molar-refractivity contribution in [1.82, 2.24) is 18.3 Å². The van der Waals surface area contributed by atoms with Gasteiger partial charge in [0.25, 0.3) is 5.56 Å². The smallest absolute Gasteiger partial charge is 0.286 e. The van der Waals surface area contributed by atoms with Gasteiger partial charge in [-0.1, -0.05) is 45.4 Å². The zero-order valence-electron chi connectivity index (χ0n) is 16.3. The molecule has 0 amide bonds. The van der Waals surface area contributed by atoms with Crippen molar-refractivity contribution in [2.75, 3.05) is 0 Å². The lowest BCUT2D eigenvalue weighted by Gasteiger charge is -2.13. The molecule has 0 saturated carbocycles. The van der Waals surface area contributed by atoms with Crippen LogP contribution in [0.15, 0.2) is 44.7 Å². The van der Waals surface area contributed by atoms with Crippen molar-refractivity contribution in [1.29, 1.82) is 0 Å². The van der Waals surface area contributed by atoms with Crippen LogP contribution in [0.5, 0.6) is 0 Å². The summed E-state index contributed by atoms with van der Waals surface area (Å²) in [6, 6.07) is 8.81. The number of aryl methyl sites for hydroxylation is 2. The molecular weight excluding hydrogens is 343 g/mol. The molecule has 1 unspecified atom stereocenters. The van der Waals surface area contributed by atoms with E-state index in [9.17, 15) is 14.4 Å². The Bertz CT molecular complexity index is 1130. The van der Waals surface area contributed by atoms with Crippen LogP contribution in [0.3, 0.4) is 0 Å². The number of hydrogen-bond acceptors (Lipinski definition) is 3. The zero-order chi connectivity index (χ0) is 19.7. The molecule has 0 aliphatic rings. The third-order valence-electron chi connectivity index (χ3n) is 5.05. The van der Waals surface area contributed by atoms with Crippen molar-refractivity contribution in [3.63, 3.8) is 0 Å². The van der Waals surface area contributed by atoms with Crippen LogP contribution in [-0.2, 0) is 20.1 Å². The normalized spacial score (nSPS) is 12.6. The number of benzene rings is 1. The molecule has 7 heteroatoms. The minimum absolute atomic E-state index is 0.231. The van der Waals surface area contributed by atoms with E-state index in [-0.39, 0.29) is 17.1 Å². The molecule has 3 rings (SSSR count). The summed E-state index contributed by atoms with van der Waals surface area (Å²) in [4.78, 5) is 39.3. The highest BCUT2D eigenvalue weighted by Crippen LogP contribution is 2.13. The minimum Gasteiger partial charge on any atom is -0.286 e. The summed E-state index contributed by atoms with van der Waals surface area (Å²) in [5.41, 5.74) is 0.0466. The zero-order valence-corrected chi connectivity index (χ0v) is 16.3. The highest BCUT2D eigenvalue weighted by atomic mass is 16.2. The first-order valence-corrected chi connectivity index (χ1v) is 9.42. The maximum absolute atomic E-state index is 13.3. The number of fused-ring (bicyclic) bond motifs is 1. The van der Waals surface area contributed by atoms with Crippen LogP contribution >= 0.6 is 0 Å². The lowest BCUT2D eigenvalue weighted by Crippen LogP contribution is -2.39. The van der Waals surface area contributed by atoms with Crippen LogP contribution in [0.25, 0.3) is 16.9 Å². The molecule has 0 fully saturated rings. The summed E-state index contributed by atoms with van der Waals surface area (Å²) in [5.74, 6) is 0.259. The summed E-state index contributed by atoms with van der Waals surface area (Å²) in [6.07, 6.45) is 1.62. The van der Waals surface area contributed by atoms with E-state index in [0.29, 0.717) is 24.4 Å². The van der Waals surface area contributed by atoms with Gasteiger partial charge < -0.3 is 0 Å². The number of imidazole rings is 1. The fourth-order valence-electron chi connectivity index (χ4n) is 3.41. The van der Waals surface area contributed by atoms with Crippen molar-refractivity contribution < 1.29 is 0 Å². The van der Waals surface area contributed by atoms with Crippen molar-refractivity contribution in [2.45, 2.75) is 46.7 Å². The summed E-state index contributed by atoms with van der Waals surface area (Å²) >= 11 is 0. The molecule has 1 atom stereocenters. The molecule has 27 heavy (non-hydrogen) atoms. The molecule has 2 heterocycles. The maximum atomic E-state index is 13.3. The number of aromatic nitrogens is 4. The predicted octanol–water partition coefficient (Wildman–Crippen LogP) is 2.11. The van der Waals surface area contributed by atoms with Crippen LogP contribution in [0, 0.1) is 5.92 Å². The lowest BCUT2D eigenvalue weighted by atomic mass is 10.1. The maximum Gasteiger partial charge on any atom is 0.337 e. The Labute approximate surface area is 157 Å². The van der Waals surface area contributed by atoms with Gasteiger partial charge in [-0.3, -0.25) is 18.5 Å². The van der Waals surface area contributed by atoms with Gasteiger partial charge in [0.2, 0.25) is 0 Å². The van der Waals surface area contributed by atoms with Gasteiger partial charge in [0.05, 0.1) is 5.69 Å². The Morgan fingerprint density at radius 1 is 0.963 bits per heavy atom. The predicted molar refractivity (Wildman–Crippen MR) is 107 cm³/mol. The van der Waals surface area contributed by atoms with E-state index in [1.807, 2.05) is 13.0 Å². The number of hydrogen-bond donors (Lipinski definition) is 0. The van der Waals surface area contributed by atoms with Crippen LogP contribution < -0.4 is 16.9 Å². The van der Waals surface area contributed by atoms with Crippen LogP contribution in [0.2, 0.25) is 0 Å². The summed E-state index contributed by atoms with van der Waals surface area (Å²) < 4.78 is 5.65. The summed E-state index contributed by atoms with van der Waals surface area (Å²) in [6.45, 7) is 6.98. The third kappa shape index (κ3) is 3.07. The van der Waals surface area contributed by atoms with E-state index in [1.54, 1.807) is 35.9 Å². The molecule has 0 saturated heterocycles. The van der Waals surface area contributed by atoms with Gasteiger partial charge in [-0.05, 0) is 24.5 Å². The van der Waals surface area contributed by atoms with E-state index < -0.39 is 11.2 Å². The van der Waals surface area contributed by atoms with E-state index in [4.69, 9.17) is 0 Å². The van der Waals surface area contributed by atoms with E-state index in [0.717, 1.165) is 17.4 Å². The van der Waals surface area contributed by atoms with Gasteiger partial charge in [0.1, 0.15) is 0 Å². The largest absolute Gasteiger partial charge is 0.337 e. The Hall–Kier alpha value is -2.83. The van der Waals surface area contributed by atoms with Gasteiger partial charge in [-0.2, -0.15) is 0 Å². The quantitative estimate of drug-likeness (QED) is 0.668. The first-order valence-electron chi connectivity index (χ1n) is 9.42. The highest BCUT2D eigenvalue weighted by molar-refractivity contribution is 5.71. The molecule has 144 valence electrons. The first kappa shape index (κ1) is 18.9. The highest BCUT2D eigenvalue weighted by Gasteiger charge is 2.23. The van der Waals surface area contributed by atoms with Crippen molar-refractivity contribution in [3.05, 3.63) is 61.7 Å². The fraction of sp³-hybridized carbons (Fsp3) is 0.450. The molecule has 0 spiro atoms. The Kier molecular flexibility index (Phi) is 5.21. The number of rotatable bonds is 6. The molecule has 3 aromatic rings. The Morgan fingerprint density at radius 3 is 2.22 bits per heavy atom. The van der Waals surface area contributed by atoms with Gasteiger partial charge in [-0.15, -0.1) is 0 Å². The molecule has 0 radical (unpaired) electrons. The molecule has 2 aromatic heterocycles. The average molecular weight is 369 g/mol. The van der Waals surface area contributed by atoms with Gasteiger partial charge >= 0.3 is 11.4 Å². The third-order valence-corrected chi connectivity index (χ3v) is 5.05. The summed E-state index contributed by atoms with van der Waals surface area (Å²) in [7, 11) is 1.62. The fourth-order valence-corrected chi connectivity index (χ4v) is 3.41. The topological polar surface area (TPSA) is 70.9 Å². The molecule has 0 aliphatic heterocycles. The molecule has 7 nitrogen and oxygen atoms in total. The molecular formula is C20H26N4O3. The van der Waals surface area contributed by atoms with Crippen LogP contribution in [0.4, 0.5) is 0 Å². The van der Waals surface area contributed by atoms with E-state index >= 15 is 0 Å². The number of para-hydroxylation sites is 1. The monoisotopic (exact) mass is 369 g/mol. The standard InChI is InChI=1S/C20H26N4O3/c1-5-12-22-16-17(23(20(22)27)13-14(3)6-2)21(4)19(26)24(18(16)25)15-10-8-7-9-11-15/h7-11,14H,5-6,12-13H2,1-4H3/i20-1. The molecule has 0 N–H and O–H groups in total. The van der Waals surface area contributed by atoms with Gasteiger partial charge in [0, 0.05) is 20.1 Å². The Balaban J connectivity index is 2.47. The second-order valence-electron chi connectivity index (χ2n) is 7.05. The van der Waals surface area contributed by atoms with Gasteiger partial charge in [-0.25, -0.2) is 14.2 Å². The van der Waals surface area contributed by atoms with Crippen molar-refractivity contribution in [2.24, 2.45) is 13.0 Å². The average Bonchev–Trinajstić information content (AvgIpc) is 2.94. The Morgan fingerprint density at radius 2 is 1.63 bits per heavy atom. The van der Waals surface area contributed by atoms with Crippen molar-refractivity contribution in [3.8, 4) is 5.69 Å². The SMILES string of the molecule is CCCn1c2c(=O)n(-c3ccccc3)c(=O)n(C)c2n(CC(C)CC)[11c]1=O. The summed E-state index contributed by atoms with van der Waals surface area (Å²) in [5, 5.41) is 0. The molecule has 0 bridgehead atoms. The molecule has 1 aromatic carbocycles. The number of nitrogens with zero attached hydrogens (tertiary/aromatic N) is 4. The van der Waals surface area contributed by atoms with E-state index in [2.05, 4.69) is 13.8 Å².